The second-order valence-corrected chi connectivity index (χ2v) is 9.57. The van der Waals surface area contributed by atoms with Crippen molar-refractivity contribution < 1.29 is 35.8 Å². The maximum atomic E-state index is 13.0. The van der Waals surface area contributed by atoms with Crippen LogP contribution in [-0.4, -0.2) is 55.6 Å². The highest BCUT2D eigenvalue weighted by atomic mass is 35.5. The Morgan fingerprint density at radius 3 is 2.46 bits per heavy atom. The smallest absolute Gasteiger partial charge is 0.416 e. The van der Waals surface area contributed by atoms with Gasteiger partial charge in [0.2, 0.25) is 15.9 Å². The summed E-state index contributed by atoms with van der Waals surface area (Å²) in [6, 6.07) is 10.3. The Bertz CT molecular complexity index is 1550. The van der Waals surface area contributed by atoms with Crippen LogP contribution >= 0.6 is 11.6 Å². The van der Waals surface area contributed by atoms with E-state index in [2.05, 4.69) is 20.0 Å². The average Bonchev–Trinajstić information content (AvgIpc) is 3.29. The maximum Gasteiger partial charge on any atom is 0.416 e. The predicted octanol–water partition coefficient (Wildman–Crippen LogP) is 3.84. The highest BCUT2D eigenvalue weighted by Crippen LogP contribution is 2.34. The molecule has 2 heterocycles. The molecule has 37 heavy (non-hydrogen) atoms. The molecule has 0 radical (unpaired) electrons. The van der Waals surface area contributed by atoms with Crippen LogP contribution in [0.2, 0.25) is 5.02 Å². The molecule has 2 aromatic carbocycles. The van der Waals surface area contributed by atoms with Crippen LogP contribution in [0.15, 0.2) is 53.4 Å². The lowest BCUT2D eigenvalue weighted by Crippen LogP contribution is -2.29. The van der Waals surface area contributed by atoms with Gasteiger partial charge in [-0.25, -0.2) is 13.1 Å². The number of hydrogen-bond donors (Lipinski definition) is 1. The van der Waals surface area contributed by atoms with E-state index in [4.69, 9.17) is 25.8 Å². The minimum absolute atomic E-state index is 0.130. The fraction of sp³-hybridized carbons (Fsp3) is 0.227. The number of hydrogen-bond acceptors (Lipinski definition) is 8. The first-order chi connectivity index (χ1) is 17.5. The fourth-order valence-electron chi connectivity index (χ4n) is 3.30. The first-order valence-corrected chi connectivity index (χ1v) is 12.3. The van der Waals surface area contributed by atoms with Gasteiger partial charge in [-0.1, -0.05) is 11.6 Å². The molecule has 15 heteroatoms. The average molecular weight is 558 g/mol. The van der Waals surface area contributed by atoms with Crippen molar-refractivity contribution in [1.82, 2.24) is 24.5 Å². The number of alkyl halides is 3. The SMILES string of the molecule is COc1ccc(-c2nnc3ccc(OCCNS(=O)(=O)c4cc(C(F)(F)F)ccc4Cl)nn23)cc1OC. The molecule has 2 aromatic heterocycles. The zero-order valence-corrected chi connectivity index (χ0v) is 20.9. The lowest BCUT2D eigenvalue weighted by atomic mass is 10.2. The first-order valence-electron chi connectivity index (χ1n) is 10.5. The lowest BCUT2D eigenvalue weighted by Gasteiger charge is -2.12. The third-order valence-corrected chi connectivity index (χ3v) is 7.01. The third-order valence-electron chi connectivity index (χ3n) is 5.07. The Balaban J connectivity index is 1.47. The number of rotatable bonds is 9. The number of fused-ring (bicyclic) bond motifs is 1. The quantitative estimate of drug-likeness (QED) is 0.309. The van der Waals surface area contributed by atoms with E-state index in [1.807, 2.05) is 0 Å². The zero-order chi connectivity index (χ0) is 26.8. The summed E-state index contributed by atoms with van der Waals surface area (Å²) < 4.78 is 83.6. The van der Waals surface area contributed by atoms with Crippen LogP contribution in [0.5, 0.6) is 17.4 Å². The third kappa shape index (κ3) is 5.70. The molecule has 0 aliphatic rings. The van der Waals surface area contributed by atoms with Gasteiger partial charge >= 0.3 is 6.18 Å². The molecule has 4 rings (SSSR count). The van der Waals surface area contributed by atoms with E-state index in [0.717, 1.165) is 6.07 Å². The van der Waals surface area contributed by atoms with Crippen molar-refractivity contribution in [2.24, 2.45) is 0 Å². The van der Waals surface area contributed by atoms with Gasteiger partial charge in [-0.15, -0.1) is 15.3 Å². The van der Waals surface area contributed by atoms with Gasteiger partial charge in [0.15, 0.2) is 23.0 Å². The van der Waals surface area contributed by atoms with Gasteiger partial charge in [-0.05, 0) is 42.5 Å². The van der Waals surface area contributed by atoms with Gasteiger partial charge in [0.1, 0.15) is 11.5 Å². The molecular formula is C22H19ClF3N5O5S. The summed E-state index contributed by atoms with van der Waals surface area (Å²) in [6.07, 6.45) is -4.72. The summed E-state index contributed by atoms with van der Waals surface area (Å²) in [7, 11) is -1.32. The summed E-state index contributed by atoms with van der Waals surface area (Å²) in [4.78, 5) is -0.687. The van der Waals surface area contributed by atoms with Crippen molar-refractivity contribution in [1.29, 1.82) is 0 Å². The summed E-state index contributed by atoms with van der Waals surface area (Å²) in [5.41, 5.74) is -0.0668. The summed E-state index contributed by atoms with van der Waals surface area (Å²) in [5, 5.41) is 12.2. The number of methoxy groups -OCH3 is 2. The van der Waals surface area contributed by atoms with Crippen molar-refractivity contribution in [2.45, 2.75) is 11.1 Å². The van der Waals surface area contributed by atoms with E-state index in [1.165, 1.54) is 24.8 Å². The van der Waals surface area contributed by atoms with Gasteiger partial charge in [0.25, 0.3) is 0 Å². The molecule has 0 aliphatic carbocycles. The van der Waals surface area contributed by atoms with E-state index < -0.39 is 26.7 Å². The van der Waals surface area contributed by atoms with Crippen LogP contribution in [0.25, 0.3) is 17.0 Å². The van der Waals surface area contributed by atoms with Gasteiger partial charge in [0.05, 0.1) is 24.8 Å². The van der Waals surface area contributed by atoms with Crippen molar-refractivity contribution in [3.05, 3.63) is 59.1 Å². The zero-order valence-electron chi connectivity index (χ0n) is 19.3. The molecule has 196 valence electrons. The minimum atomic E-state index is -4.72. The molecule has 0 aliphatic heterocycles. The molecule has 0 saturated heterocycles. The Morgan fingerprint density at radius 2 is 1.76 bits per heavy atom. The number of nitrogens with zero attached hydrogens (tertiary/aromatic N) is 4. The highest BCUT2D eigenvalue weighted by Gasteiger charge is 2.32. The molecule has 0 atom stereocenters. The number of halogens is 4. The summed E-state index contributed by atoms with van der Waals surface area (Å²) in [5.74, 6) is 1.54. The van der Waals surface area contributed by atoms with Crippen molar-refractivity contribution in [3.8, 4) is 28.8 Å². The number of aromatic nitrogens is 4. The van der Waals surface area contributed by atoms with Crippen molar-refractivity contribution >= 4 is 27.3 Å². The van der Waals surface area contributed by atoms with E-state index in [1.54, 1.807) is 24.3 Å². The molecule has 0 amide bonds. The molecule has 4 aromatic rings. The van der Waals surface area contributed by atoms with E-state index in [-0.39, 0.29) is 24.1 Å². The molecule has 10 nitrogen and oxygen atoms in total. The van der Waals surface area contributed by atoms with Crippen LogP contribution in [0, 0.1) is 0 Å². The van der Waals surface area contributed by atoms with Crippen molar-refractivity contribution in [2.75, 3.05) is 27.4 Å². The minimum Gasteiger partial charge on any atom is -0.493 e. The standard InChI is InChI=1S/C22H19ClF3N5O5S/c1-34-16-6-3-13(11-17(16)35-2)21-29-28-19-7-8-20(30-31(19)21)36-10-9-27-37(32,33)18-12-14(22(24,25)26)4-5-15(18)23/h3-8,11-12,27H,9-10H2,1-2H3. The maximum absolute atomic E-state index is 13.0. The Morgan fingerprint density at radius 1 is 1.00 bits per heavy atom. The number of nitrogens with one attached hydrogen (secondary N) is 1. The monoisotopic (exact) mass is 557 g/mol. The topological polar surface area (TPSA) is 117 Å². The first kappa shape index (κ1) is 26.4. The largest absolute Gasteiger partial charge is 0.493 e. The van der Waals surface area contributed by atoms with Crippen LogP contribution < -0.4 is 18.9 Å². The van der Waals surface area contributed by atoms with E-state index >= 15 is 0 Å². The van der Waals surface area contributed by atoms with Gasteiger partial charge in [0, 0.05) is 18.2 Å². The Hall–Kier alpha value is -3.62. The molecule has 0 spiro atoms. The van der Waals surface area contributed by atoms with Crippen molar-refractivity contribution in [3.63, 3.8) is 0 Å². The van der Waals surface area contributed by atoms with E-state index in [9.17, 15) is 21.6 Å². The number of sulfonamides is 1. The van der Waals surface area contributed by atoms with Crippen LogP contribution in [0.4, 0.5) is 13.2 Å². The van der Waals surface area contributed by atoms with Crippen LogP contribution in [0.3, 0.4) is 0 Å². The second-order valence-electron chi connectivity index (χ2n) is 7.42. The molecule has 1 N–H and O–H groups in total. The predicted molar refractivity (Wildman–Crippen MR) is 126 cm³/mol. The molecule has 0 bridgehead atoms. The second kappa shape index (κ2) is 10.4. The van der Waals surface area contributed by atoms with Gasteiger partial charge in [-0.3, -0.25) is 0 Å². The molecule has 0 fully saturated rings. The van der Waals surface area contributed by atoms with Crippen LogP contribution in [0.1, 0.15) is 5.56 Å². The Labute approximate surface area is 214 Å². The van der Waals surface area contributed by atoms with E-state index in [0.29, 0.717) is 40.7 Å². The number of benzene rings is 2. The van der Waals surface area contributed by atoms with Gasteiger partial charge < -0.3 is 14.2 Å². The fourth-order valence-corrected chi connectivity index (χ4v) is 4.84. The van der Waals surface area contributed by atoms with Crippen LogP contribution in [-0.2, 0) is 16.2 Å². The molecule has 0 unspecified atom stereocenters. The Kier molecular flexibility index (Phi) is 7.43. The number of ether oxygens (including phenoxy) is 3. The normalized spacial score (nSPS) is 12.1. The molecular weight excluding hydrogens is 539 g/mol. The lowest BCUT2D eigenvalue weighted by molar-refractivity contribution is -0.137. The summed E-state index contributed by atoms with van der Waals surface area (Å²) in [6.45, 7) is -0.443. The molecule has 0 saturated carbocycles. The van der Waals surface area contributed by atoms with Gasteiger partial charge in [-0.2, -0.15) is 17.7 Å². The summed E-state index contributed by atoms with van der Waals surface area (Å²) >= 11 is 5.83. The highest BCUT2D eigenvalue weighted by molar-refractivity contribution is 7.89.